The number of rotatable bonds is 7. The highest BCUT2D eigenvalue weighted by Crippen LogP contribution is 2.42. The molecule has 0 spiro atoms. The van der Waals surface area contributed by atoms with Crippen LogP contribution in [0.1, 0.15) is 30.2 Å². The Hall–Kier alpha value is -2.18. The van der Waals surface area contributed by atoms with Crippen LogP contribution in [-0.4, -0.2) is 54.8 Å². The van der Waals surface area contributed by atoms with Gasteiger partial charge in [-0.3, -0.25) is 0 Å². The summed E-state index contributed by atoms with van der Waals surface area (Å²) in [5.74, 6) is -2.22. The standard InChI is InChI=1S/C22H25F3N2O5S/c23-11-15-2-1-14(21(28)26-17-5-6-18(24)19(25)10-17)9-20(15)33(30,31)27-7-8-32-13-22(29,12-27)16-3-4-16/h1-2,5-6,9-10,16,21,26,28-29H,3-4,7-8,11-13H2. The van der Waals surface area contributed by atoms with Crippen LogP contribution in [0.5, 0.6) is 0 Å². The van der Waals surface area contributed by atoms with Crippen molar-refractivity contribution in [2.75, 3.05) is 31.6 Å². The second-order valence-electron chi connectivity index (χ2n) is 8.45. The van der Waals surface area contributed by atoms with Gasteiger partial charge in [-0.1, -0.05) is 12.1 Å². The maximum Gasteiger partial charge on any atom is 0.243 e. The molecule has 11 heteroatoms. The first kappa shape index (κ1) is 24.0. The Bertz CT molecular complexity index is 1130. The molecular formula is C22H25F3N2O5S. The Morgan fingerprint density at radius 3 is 2.61 bits per heavy atom. The van der Waals surface area contributed by atoms with E-state index in [1.807, 2.05) is 0 Å². The maximum absolute atomic E-state index is 13.7. The van der Waals surface area contributed by atoms with Crippen LogP contribution < -0.4 is 5.32 Å². The minimum atomic E-state index is -4.24. The van der Waals surface area contributed by atoms with Gasteiger partial charge in [0.25, 0.3) is 0 Å². The van der Waals surface area contributed by atoms with E-state index in [0.717, 1.165) is 35.3 Å². The Morgan fingerprint density at radius 1 is 1.18 bits per heavy atom. The quantitative estimate of drug-likeness (QED) is 0.521. The molecule has 2 aromatic carbocycles. The van der Waals surface area contributed by atoms with Crippen LogP contribution in [-0.2, 0) is 21.4 Å². The van der Waals surface area contributed by atoms with Gasteiger partial charge in [-0.05, 0) is 37.0 Å². The number of ether oxygens (including phenoxy) is 1. The average Bonchev–Trinajstić information content (AvgIpc) is 3.64. The predicted octanol–water partition coefficient (Wildman–Crippen LogP) is 2.70. The molecule has 1 heterocycles. The summed E-state index contributed by atoms with van der Waals surface area (Å²) in [4.78, 5) is -0.339. The molecule has 0 bridgehead atoms. The van der Waals surface area contributed by atoms with Crippen molar-refractivity contribution in [1.82, 2.24) is 4.31 Å². The van der Waals surface area contributed by atoms with Crippen molar-refractivity contribution >= 4 is 15.7 Å². The van der Waals surface area contributed by atoms with Crippen molar-refractivity contribution in [3.8, 4) is 0 Å². The van der Waals surface area contributed by atoms with Crippen LogP contribution in [0.25, 0.3) is 0 Å². The zero-order valence-corrected chi connectivity index (χ0v) is 18.5. The summed E-state index contributed by atoms with van der Waals surface area (Å²) in [6.45, 7) is -1.14. The Morgan fingerprint density at radius 2 is 1.94 bits per heavy atom. The smallest absolute Gasteiger partial charge is 0.243 e. The molecule has 3 N–H and O–H groups in total. The van der Waals surface area contributed by atoms with E-state index in [9.17, 15) is 31.8 Å². The van der Waals surface area contributed by atoms with Crippen molar-refractivity contribution in [1.29, 1.82) is 0 Å². The van der Waals surface area contributed by atoms with E-state index in [1.54, 1.807) is 0 Å². The molecule has 33 heavy (non-hydrogen) atoms. The summed E-state index contributed by atoms with van der Waals surface area (Å²) in [5, 5.41) is 24.0. The molecule has 0 aromatic heterocycles. The monoisotopic (exact) mass is 486 g/mol. The lowest BCUT2D eigenvalue weighted by Gasteiger charge is -2.30. The summed E-state index contributed by atoms with van der Waals surface area (Å²) in [5.41, 5.74) is -1.26. The number of halogens is 3. The van der Waals surface area contributed by atoms with E-state index < -0.39 is 40.2 Å². The highest BCUT2D eigenvalue weighted by molar-refractivity contribution is 7.89. The summed E-state index contributed by atoms with van der Waals surface area (Å²) < 4.78 is 73.8. The van der Waals surface area contributed by atoms with Crippen LogP contribution in [0.4, 0.5) is 18.9 Å². The first-order valence-electron chi connectivity index (χ1n) is 10.5. The molecule has 2 aromatic rings. The molecular weight excluding hydrogens is 461 g/mol. The molecule has 7 nitrogen and oxygen atoms in total. The van der Waals surface area contributed by atoms with Gasteiger partial charge in [0.05, 0.1) is 18.1 Å². The number of hydrogen-bond donors (Lipinski definition) is 3. The van der Waals surface area contributed by atoms with Crippen LogP contribution in [0, 0.1) is 17.6 Å². The highest BCUT2D eigenvalue weighted by Gasteiger charge is 2.48. The van der Waals surface area contributed by atoms with Crippen LogP contribution in [0.2, 0.25) is 0 Å². The Kier molecular flexibility index (Phi) is 6.70. The fourth-order valence-electron chi connectivity index (χ4n) is 3.98. The lowest BCUT2D eigenvalue weighted by Crippen LogP contribution is -2.48. The van der Waals surface area contributed by atoms with Crippen molar-refractivity contribution in [3.05, 3.63) is 59.2 Å². The Labute approximate surface area is 189 Å². The average molecular weight is 487 g/mol. The first-order valence-corrected chi connectivity index (χ1v) is 12.0. The number of β-amino-alcohol motifs (C(OH)–C–C–N with tert-alkyl or cyclic N) is 1. The van der Waals surface area contributed by atoms with Gasteiger partial charge in [-0.2, -0.15) is 4.31 Å². The van der Waals surface area contributed by atoms with E-state index in [1.165, 1.54) is 18.2 Å². The highest BCUT2D eigenvalue weighted by atomic mass is 32.2. The molecule has 2 atom stereocenters. The third kappa shape index (κ3) is 5.02. The topological polar surface area (TPSA) is 99.1 Å². The van der Waals surface area contributed by atoms with Crippen molar-refractivity contribution in [2.45, 2.75) is 36.2 Å². The van der Waals surface area contributed by atoms with Crippen molar-refractivity contribution in [3.63, 3.8) is 0 Å². The molecule has 1 aliphatic carbocycles. The number of aliphatic hydroxyl groups is 2. The van der Waals surface area contributed by atoms with Gasteiger partial charge in [0, 0.05) is 36.0 Å². The van der Waals surface area contributed by atoms with Crippen molar-refractivity contribution < 1.29 is 36.5 Å². The van der Waals surface area contributed by atoms with Gasteiger partial charge in [-0.15, -0.1) is 0 Å². The van der Waals surface area contributed by atoms with Crippen molar-refractivity contribution in [2.24, 2.45) is 5.92 Å². The molecule has 1 aliphatic heterocycles. The van der Waals surface area contributed by atoms with Crippen LogP contribution >= 0.6 is 0 Å². The fourth-order valence-corrected chi connectivity index (χ4v) is 5.70. The van der Waals surface area contributed by atoms with E-state index in [-0.39, 0.29) is 53.9 Å². The number of sulfonamides is 1. The molecule has 2 unspecified atom stereocenters. The molecule has 1 saturated heterocycles. The van der Waals surface area contributed by atoms with Gasteiger partial charge in [0.15, 0.2) is 17.9 Å². The lowest BCUT2D eigenvalue weighted by atomic mass is 9.99. The number of anilines is 1. The normalized spacial score (nSPS) is 23.2. The molecule has 0 amide bonds. The van der Waals surface area contributed by atoms with Gasteiger partial charge in [-0.25, -0.2) is 21.6 Å². The van der Waals surface area contributed by atoms with Gasteiger partial charge in [0.1, 0.15) is 12.3 Å². The minimum Gasteiger partial charge on any atom is -0.386 e. The number of nitrogens with zero attached hydrogens (tertiary/aromatic N) is 1. The molecule has 2 aliphatic rings. The second-order valence-corrected chi connectivity index (χ2v) is 10.4. The van der Waals surface area contributed by atoms with Gasteiger partial charge >= 0.3 is 0 Å². The van der Waals surface area contributed by atoms with E-state index in [4.69, 9.17) is 4.74 Å². The van der Waals surface area contributed by atoms with Crippen LogP contribution in [0.3, 0.4) is 0 Å². The number of benzene rings is 2. The number of aliphatic hydroxyl groups excluding tert-OH is 1. The number of alkyl halides is 1. The Balaban J connectivity index is 1.63. The molecule has 2 fully saturated rings. The third-order valence-corrected chi connectivity index (χ3v) is 7.94. The van der Waals surface area contributed by atoms with Gasteiger partial charge < -0.3 is 20.3 Å². The maximum atomic E-state index is 13.7. The second kappa shape index (κ2) is 9.22. The number of hydrogen-bond acceptors (Lipinski definition) is 6. The van der Waals surface area contributed by atoms with E-state index in [0.29, 0.717) is 0 Å². The third-order valence-electron chi connectivity index (χ3n) is 6.02. The molecule has 180 valence electrons. The minimum absolute atomic E-state index is 0.0109. The summed E-state index contributed by atoms with van der Waals surface area (Å²) in [7, 11) is -4.24. The van der Waals surface area contributed by atoms with E-state index >= 15 is 0 Å². The SMILES string of the molecule is O=S(=O)(c1cc(C(O)Nc2ccc(F)c(F)c2)ccc1CF)N1CCOCC(O)(C2CC2)C1. The van der Waals surface area contributed by atoms with Gasteiger partial charge in [0.2, 0.25) is 10.0 Å². The molecule has 1 saturated carbocycles. The summed E-state index contributed by atoms with van der Waals surface area (Å²) in [6.07, 6.45) is 0.0788. The van der Waals surface area contributed by atoms with E-state index in [2.05, 4.69) is 5.32 Å². The van der Waals surface area contributed by atoms with Crippen LogP contribution in [0.15, 0.2) is 41.3 Å². The molecule has 0 radical (unpaired) electrons. The number of nitrogens with one attached hydrogen (secondary N) is 1. The first-order chi connectivity index (χ1) is 15.6. The summed E-state index contributed by atoms with van der Waals surface area (Å²) >= 11 is 0. The summed E-state index contributed by atoms with van der Waals surface area (Å²) in [6, 6.07) is 6.68. The largest absolute Gasteiger partial charge is 0.386 e. The lowest BCUT2D eigenvalue weighted by molar-refractivity contribution is -0.0477. The fraction of sp³-hybridized carbons (Fsp3) is 0.455. The molecule has 4 rings (SSSR count). The zero-order valence-electron chi connectivity index (χ0n) is 17.7. The predicted molar refractivity (Wildman–Crippen MR) is 113 cm³/mol. The zero-order chi connectivity index (χ0) is 23.8.